The van der Waals surface area contributed by atoms with Gasteiger partial charge in [-0.25, -0.2) is 0 Å². The highest BCUT2D eigenvalue weighted by molar-refractivity contribution is 8.01. The first-order chi connectivity index (χ1) is 27.3. The molecule has 2 aliphatic heterocycles. The molecule has 0 saturated heterocycles. The van der Waals surface area contributed by atoms with Crippen LogP contribution in [0.15, 0.2) is 204 Å². The quantitative estimate of drug-likeness (QED) is 0.170. The van der Waals surface area contributed by atoms with Gasteiger partial charge in [0.1, 0.15) is 10.7 Å². The minimum Gasteiger partial charge on any atom is -0.269 e. The van der Waals surface area contributed by atoms with Crippen molar-refractivity contribution in [2.24, 2.45) is 9.98 Å². The molecule has 0 amide bonds. The van der Waals surface area contributed by atoms with E-state index < -0.39 is 5.41 Å². The lowest BCUT2D eigenvalue weighted by atomic mass is 9.67. The van der Waals surface area contributed by atoms with E-state index in [2.05, 4.69) is 194 Å². The molecule has 55 heavy (non-hydrogen) atoms. The van der Waals surface area contributed by atoms with Crippen molar-refractivity contribution in [2.75, 3.05) is 0 Å². The van der Waals surface area contributed by atoms with Crippen molar-refractivity contribution in [3.63, 3.8) is 0 Å². The monoisotopic (exact) mass is 740 g/mol. The number of benzene rings is 6. The lowest BCUT2D eigenvalue weighted by Crippen LogP contribution is -2.28. The van der Waals surface area contributed by atoms with Crippen molar-refractivity contribution in [3.05, 3.63) is 228 Å². The van der Waals surface area contributed by atoms with Crippen LogP contribution >= 0.6 is 23.5 Å². The third-order valence-electron chi connectivity index (χ3n) is 11.6. The molecule has 0 N–H and O–H groups in total. The summed E-state index contributed by atoms with van der Waals surface area (Å²) in [6.45, 7) is 0. The van der Waals surface area contributed by atoms with Gasteiger partial charge in [0.05, 0.1) is 27.3 Å². The van der Waals surface area contributed by atoms with Gasteiger partial charge >= 0.3 is 0 Å². The number of aliphatic imine (C=N–C) groups is 2. The Labute approximate surface area is 330 Å². The Kier molecular flexibility index (Phi) is 7.89. The molecule has 0 aromatic heterocycles. The Morgan fingerprint density at radius 2 is 0.945 bits per heavy atom. The molecular weight excluding hydrogens is 705 g/mol. The molecule has 5 aliphatic rings. The number of allylic oxidation sites excluding steroid dienone is 6. The van der Waals surface area contributed by atoms with E-state index in [1.807, 2.05) is 23.5 Å². The van der Waals surface area contributed by atoms with E-state index in [0.29, 0.717) is 10.5 Å². The van der Waals surface area contributed by atoms with Crippen LogP contribution in [0.2, 0.25) is 0 Å². The van der Waals surface area contributed by atoms with Crippen LogP contribution in [0.3, 0.4) is 0 Å². The molecule has 3 aliphatic carbocycles. The minimum atomic E-state index is -0.474. The molecule has 0 spiro atoms. The van der Waals surface area contributed by atoms with Crippen LogP contribution in [0.25, 0.3) is 33.4 Å². The summed E-state index contributed by atoms with van der Waals surface area (Å²) in [6.07, 6.45) is 17.3. The Bertz CT molecular complexity index is 2610. The number of thioether (sulfide) groups is 2. The number of hydrogen-bond acceptors (Lipinski definition) is 4. The minimum absolute atomic E-state index is 0.0892. The zero-order valence-electron chi connectivity index (χ0n) is 30.0. The summed E-state index contributed by atoms with van der Waals surface area (Å²) in [5, 5.41) is 0.852. The third kappa shape index (κ3) is 5.27. The molecule has 262 valence electrons. The molecule has 2 heterocycles. The van der Waals surface area contributed by atoms with Crippen LogP contribution in [-0.2, 0) is 5.41 Å². The fraction of sp³-hybridized carbons (Fsp3) is 0.0980. The molecule has 6 aromatic carbocycles. The Morgan fingerprint density at radius 3 is 1.51 bits per heavy atom. The standard InChI is InChI=1S/C51H36N2S2/c1-3-13-37(14-4-1)51(38-15-5-2-6-16-38)41-18-8-7-17-40(41)48-42(51)32-31-39(33-23-27-35(28-24-33)49-52-43-19-9-11-21-45(43)54-49)47(48)34-25-29-36(30-26-34)50-53-44-20-10-12-22-46(44)55-50/h1-32,45-46,49-50H. The number of hydrogen-bond donors (Lipinski definition) is 0. The number of rotatable bonds is 6. The van der Waals surface area contributed by atoms with E-state index in [1.165, 1.54) is 72.5 Å². The molecule has 0 bridgehead atoms. The topological polar surface area (TPSA) is 24.7 Å². The molecule has 4 unspecified atom stereocenters. The summed E-state index contributed by atoms with van der Waals surface area (Å²) >= 11 is 3.82. The molecule has 0 saturated carbocycles. The fourth-order valence-corrected chi connectivity index (χ4v) is 11.6. The highest BCUT2D eigenvalue weighted by Gasteiger charge is 2.47. The van der Waals surface area contributed by atoms with E-state index in [9.17, 15) is 0 Å². The van der Waals surface area contributed by atoms with Crippen LogP contribution in [0.4, 0.5) is 0 Å². The predicted molar refractivity (Wildman–Crippen MR) is 234 cm³/mol. The highest BCUT2D eigenvalue weighted by Crippen LogP contribution is 2.60. The normalized spacial score (nSPS) is 22.1. The molecule has 0 radical (unpaired) electrons. The van der Waals surface area contributed by atoms with Crippen molar-refractivity contribution in [3.8, 4) is 33.4 Å². The van der Waals surface area contributed by atoms with Gasteiger partial charge in [-0.1, -0.05) is 182 Å². The van der Waals surface area contributed by atoms with Gasteiger partial charge in [-0.15, -0.1) is 23.5 Å². The van der Waals surface area contributed by atoms with Crippen LogP contribution in [0.5, 0.6) is 0 Å². The van der Waals surface area contributed by atoms with Gasteiger partial charge in [0.25, 0.3) is 0 Å². The van der Waals surface area contributed by atoms with Crippen LogP contribution in [0.1, 0.15) is 44.1 Å². The average Bonchev–Trinajstić information content (AvgIpc) is 3.98. The van der Waals surface area contributed by atoms with Crippen molar-refractivity contribution in [2.45, 2.75) is 26.7 Å². The number of fused-ring (bicyclic) bond motifs is 5. The largest absolute Gasteiger partial charge is 0.269 e. The molecular formula is C51H36N2S2. The van der Waals surface area contributed by atoms with Gasteiger partial charge in [-0.2, -0.15) is 0 Å². The second-order valence-corrected chi connectivity index (χ2v) is 17.0. The van der Waals surface area contributed by atoms with Crippen molar-refractivity contribution >= 4 is 34.9 Å². The zero-order valence-corrected chi connectivity index (χ0v) is 31.6. The zero-order chi connectivity index (χ0) is 36.3. The Morgan fingerprint density at radius 1 is 0.418 bits per heavy atom. The summed E-state index contributed by atoms with van der Waals surface area (Å²) < 4.78 is 0. The lowest BCUT2D eigenvalue weighted by molar-refractivity contribution is 0.768. The highest BCUT2D eigenvalue weighted by atomic mass is 32.2. The average molecular weight is 741 g/mol. The Hall–Kier alpha value is -5.68. The first-order valence-corrected chi connectivity index (χ1v) is 20.9. The first-order valence-electron chi connectivity index (χ1n) is 19.0. The molecule has 6 aromatic rings. The smallest absolute Gasteiger partial charge is 0.122 e. The second kappa shape index (κ2) is 13.3. The van der Waals surface area contributed by atoms with Gasteiger partial charge in [0, 0.05) is 0 Å². The predicted octanol–water partition coefficient (Wildman–Crippen LogP) is 12.7. The molecule has 11 rings (SSSR count). The first kappa shape index (κ1) is 32.7. The van der Waals surface area contributed by atoms with E-state index in [4.69, 9.17) is 9.98 Å². The van der Waals surface area contributed by atoms with Crippen LogP contribution < -0.4 is 0 Å². The van der Waals surface area contributed by atoms with Crippen LogP contribution in [0, 0.1) is 0 Å². The van der Waals surface area contributed by atoms with E-state index >= 15 is 0 Å². The molecule has 4 atom stereocenters. The maximum absolute atomic E-state index is 5.11. The summed E-state index contributed by atoms with van der Waals surface area (Å²) in [5.74, 6) is 0. The maximum Gasteiger partial charge on any atom is 0.122 e. The summed E-state index contributed by atoms with van der Waals surface area (Å²) in [4.78, 5) is 10.2. The van der Waals surface area contributed by atoms with Gasteiger partial charge < -0.3 is 0 Å². The van der Waals surface area contributed by atoms with E-state index in [0.717, 1.165) is 5.71 Å². The molecule has 0 fully saturated rings. The van der Waals surface area contributed by atoms with Crippen LogP contribution in [-0.4, -0.2) is 21.9 Å². The summed E-state index contributed by atoms with van der Waals surface area (Å²) in [7, 11) is 0. The van der Waals surface area contributed by atoms with Gasteiger partial charge in [0.2, 0.25) is 0 Å². The summed E-state index contributed by atoms with van der Waals surface area (Å²) in [6, 6.07) is 54.5. The van der Waals surface area contributed by atoms with E-state index in [-0.39, 0.29) is 10.7 Å². The fourth-order valence-electron chi connectivity index (χ4n) is 9.12. The SMILES string of the molecule is C1=CC2=NC(c3ccc(-c4ccc5c(c4-c4ccc(C6N=C7C=CC=CC7S6)cc4)-c4ccccc4C5(c4ccccc4)c4ccccc4)cc3)SC2C=C1. The second-order valence-electron chi connectivity index (χ2n) is 14.6. The van der Waals surface area contributed by atoms with Crippen molar-refractivity contribution in [1.29, 1.82) is 0 Å². The third-order valence-corrected chi connectivity index (χ3v) is 14.3. The lowest BCUT2D eigenvalue weighted by Gasteiger charge is -2.34. The Balaban J connectivity index is 1.11. The summed E-state index contributed by atoms with van der Waals surface area (Å²) in [5.41, 5.74) is 17.0. The van der Waals surface area contributed by atoms with E-state index in [1.54, 1.807) is 0 Å². The number of nitrogens with zero attached hydrogens (tertiary/aromatic N) is 2. The van der Waals surface area contributed by atoms with Crippen molar-refractivity contribution < 1.29 is 0 Å². The van der Waals surface area contributed by atoms with Gasteiger partial charge in [-0.3, -0.25) is 9.98 Å². The van der Waals surface area contributed by atoms with Gasteiger partial charge in [-0.05, 0) is 78.9 Å². The maximum atomic E-state index is 5.11. The molecule has 2 nitrogen and oxygen atoms in total. The molecule has 4 heteroatoms. The van der Waals surface area contributed by atoms with Gasteiger partial charge in [0.15, 0.2) is 0 Å². The van der Waals surface area contributed by atoms with Crippen molar-refractivity contribution in [1.82, 2.24) is 0 Å².